The number of benzene rings is 1. The van der Waals surface area contributed by atoms with E-state index >= 15 is 0 Å². The van der Waals surface area contributed by atoms with E-state index in [1.807, 2.05) is 13.0 Å². The number of carbonyl (C=O) groups excluding carboxylic acids is 2. The molecule has 0 unspecified atom stereocenters. The van der Waals surface area contributed by atoms with E-state index in [1.54, 1.807) is 36.0 Å². The van der Waals surface area contributed by atoms with E-state index in [0.717, 1.165) is 11.4 Å². The van der Waals surface area contributed by atoms with Crippen molar-refractivity contribution in [1.29, 1.82) is 0 Å². The maximum absolute atomic E-state index is 11.7. The molecule has 0 fully saturated rings. The maximum atomic E-state index is 11.7. The van der Waals surface area contributed by atoms with E-state index in [4.69, 9.17) is 4.74 Å². The number of hydrazone groups is 1. The van der Waals surface area contributed by atoms with Crippen LogP contribution in [0, 0.1) is 6.92 Å². The summed E-state index contributed by atoms with van der Waals surface area (Å²) < 4.78 is 7.01. The SMILES string of the molecule is CC(=O)Nc1ccc(OCC(=O)NN=Cc2cc(C)nn2C)cc1. The molecule has 0 aliphatic rings. The molecule has 1 aromatic carbocycles. The van der Waals surface area contributed by atoms with E-state index in [-0.39, 0.29) is 18.4 Å². The fraction of sp³-hybridized carbons (Fsp3) is 0.250. The highest BCUT2D eigenvalue weighted by Gasteiger charge is 2.03. The normalized spacial score (nSPS) is 10.6. The second-order valence-electron chi connectivity index (χ2n) is 5.12. The molecule has 126 valence electrons. The molecule has 0 atom stereocenters. The number of hydrogen-bond acceptors (Lipinski definition) is 5. The van der Waals surface area contributed by atoms with Gasteiger partial charge < -0.3 is 10.1 Å². The van der Waals surface area contributed by atoms with Crippen molar-refractivity contribution in [3.8, 4) is 5.75 Å². The molecule has 8 nitrogen and oxygen atoms in total. The van der Waals surface area contributed by atoms with Crippen molar-refractivity contribution in [3.05, 3.63) is 41.7 Å². The molecule has 2 N–H and O–H groups in total. The zero-order valence-corrected chi connectivity index (χ0v) is 13.7. The number of hydrogen-bond donors (Lipinski definition) is 2. The summed E-state index contributed by atoms with van der Waals surface area (Å²) >= 11 is 0. The zero-order valence-electron chi connectivity index (χ0n) is 13.7. The third-order valence-corrected chi connectivity index (χ3v) is 2.97. The van der Waals surface area contributed by atoms with Gasteiger partial charge in [-0.3, -0.25) is 14.3 Å². The minimum atomic E-state index is -0.379. The average Bonchev–Trinajstić information content (AvgIpc) is 2.84. The molecule has 24 heavy (non-hydrogen) atoms. The molecule has 2 aromatic rings. The summed E-state index contributed by atoms with van der Waals surface area (Å²) in [7, 11) is 1.80. The van der Waals surface area contributed by atoms with Crippen molar-refractivity contribution >= 4 is 23.7 Å². The molecule has 0 radical (unpaired) electrons. The molecular formula is C16H19N5O3. The zero-order chi connectivity index (χ0) is 17.5. The quantitative estimate of drug-likeness (QED) is 0.615. The summed E-state index contributed by atoms with van der Waals surface area (Å²) in [5.41, 5.74) is 4.70. The minimum Gasteiger partial charge on any atom is -0.484 e. The average molecular weight is 329 g/mol. The topological polar surface area (TPSA) is 97.6 Å². The van der Waals surface area contributed by atoms with Crippen LogP contribution in [0.15, 0.2) is 35.4 Å². The smallest absolute Gasteiger partial charge is 0.277 e. The van der Waals surface area contributed by atoms with Gasteiger partial charge in [-0.1, -0.05) is 0 Å². The fourth-order valence-corrected chi connectivity index (χ4v) is 1.94. The van der Waals surface area contributed by atoms with Gasteiger partial charge in [0, 0.05) is 19.7 Å². The van der Waals surface area contributed by atoms with Crippen LogP contribution < -0.4 is 15.5 Å². The van der Waals surface area contributed by atoms with Crippen LogP contribution in [-0.4, -0.2) is 34.4 Å². The van der Waals surface area contributed by atoms with Gasteiger partial charge in [0.05, 0.1) is 17.6 Å². The molecule has 1 aromatic heterocycles. The van der Waals surface area contributed by atoms with Gasteiger partial charge in [-0.25, -0.2) is 5.43 Å². The van der Waals surface area contributed by atoms with Crippen LogP contribution in [-0.2, 0) is 16.6 Å². The lowest BCUT2D eigenvalue weighted by atomic mass is 10.3. The highest BCUT2D eigenvalue weighted by atomic mass is 16.5. The number of rotatable bonds is 6. The maximum Gasteiger partial charge on any atom is 0.277 e. The first-order valence-electron chi connectivity index (χ1n) is 7.27. The molecule has 0 spiro atoms. The lowest BCUT2D eigenvalue weighted by Crippen LogP contribution is -2.24. The number of carbonyl (C=O) groups is 2. The Hall–Kier alpha value is -3.16. The fourth-order valence-electron chi connectivity index (χ4n) is 1.94. The van der Waals surface area contributed by atoms with Gasteiger partial charge in [0.1, 0.15) is 5.75 Å². The number of aryl methyl sites for hydroxylation is 2. The van der Waals surface area contributed by atoms with Crippen LogP contribution in [0.25, 0.3) is 0 Å². The van der Waals surface area contributed by atoms with E-state index in [1.165, 1.54) is 13.1 Å². The van der Waals surface area contributed by atoms with E-state index in [9.17, 15) is 9.59 Å². The predicted octanol–water partition coefficient (Wildman–Crippen LogP) is 1.22. The number of ether oxygens (including phenoxy) is 1. The summed E-state index contributed by atoms with van der Waals surface area (Å²) in [6.45, 7) is 3.14. The molecule has 0 aliphatic carbocycles. The van der Waals surface area contributed by atoms with Crippen molar-refractivity contribution in [2.75, 3.05) is 11.9 Å². The number of nitrogens with one attached hydrogen (secondary N) is 2. The number of amides is 2. The van der Waals surface area contributed by atoms with Gasteiger partial charge in [0.25, 0.3) is 5.91 Å². The van der Waals surface area contributed by atoms with Gasteiger partial charge in [-0.05, 0) is 37.3 Å². The van der Waals surface area contributed by atoms with Gasteiger partial charge >= 0.3 is 0 Å². The second-order valence-corrected chi connectivity index (χ2v) is 5.12. The summed E-state index contributed by atoms with van der Waals surface area (Å²) in [5.74, 6) is -0.00825. The Morgan fingerprint density at radius 1 is 1.33 bits per heavy atom. The lowest BCUT2D eigenvalue weighted by molar-refractivity contribution is -0.123. The minimum absolute atomic E-state index is 0.149. The highest BCUT2D eigenvalue weighted by molar-refractivity contribution is 5.88. The van der Waals surface area contributed by atoms with Crippen LogP contribution in [0.1, 0.15) is 18.3 Å². The molecule has 2 amide bonds. The summed E-state index contributed by atoms with van der Waals surface area (Å²) in [6.07, 6.45) is 1.51. The Balaban J connectivity index is 1.78. The monoisotopic (exact) mass is 329 g/mol. The first-order valence-corrected chi connectivity index (χ1v) is 7.27. The number of nitrogens with zero attached hydrogens (tertiary/aromatic N) is 3. The van der Waals surface area contributed by atoms with Gasteiger partial charge in [-0.15, -0.1) is 0 Å². The summed E-state index contributed by atoms with van der Waals surface area (Å²) in [6, 6.07) is 8.57. The Labute approximate surface area is 139 Å². The van der Waals surface area contributed by atoms with Crippen molar-refractivity contribution in [2.45, 2.75) is 13.8 Å². The largest absolute Gasteiger partial charge is 0.484 e. The lowest BCUT2D eigenvalue weighted by Gasteiger charge is -2.06. The molecule has 1 heterocycles. The Morgan fingerprint density at radius 3 is 2.62 bits per heavy atom. The van der Waals surface area contributed by atoms with Crippen LogP contribution in [0.3, 0.4) is 0 Å². The van der Waals surface area contributed by atoms with E-state index in [2.05, 4.69) is 20.9 Å². The third kappa shape index (κ3) is 5.24. The molecule has 2 rings (SSSR count). The summed E-state index contributed by atoms with van der Waals surface area (Å²) in [5, 5.41) is 10.7. The highest BCUT2D eigenvalue weighted by Crippen LogP contribution is 2.15. The molecule has 0 aliphatic heterocycles. The molecule has 0 bridgehead atoms. The molecule has 0 saturated heterocycles. The van der Waals surface area contributed by atoms with Crippen molar-refractivity contribution < 1.29 is 14.3 Å². The van der Waals surface area contributed by atoms with Gasteiger partial charge in [0.2, 0.25) is 5.91 Å². The molecule has 8 heteroatoms. The Morgan fingerprint density at radius 2 is 2.04 bits per heavy atom. The summed E-state index contributed by atoms with van der Waals surface area (Å²) in [4.78, 5) is 22.6. The van der Waals surface area contributed by atoms with Crippen LogP contribution in [0.4, 0.5) is 5.69 Å². The standard InChI is InChI=1S/C16H19N5O3/c1-11-8-14(21(3)20-11)9-17-19-16(23)10-24-15-6-4-13(5-7-15)18-12(2)22/h4-9H,10H2,1-3H3,(H,18,22)(H,19,23). The van der Waals surface area contributed by atoms with E-state index in [0.29, 0.717) is 11.4 Å². The Bertz CT molecular complexity index is 750. The molecule has 0 saturated carbocycles. The van der Waals surface area contributed by atoms with Gasteiger partial charge in [0.15, 0.2) is 6.61 Å². The van der Waals surface area contributed by atoms with Crippen LogP contribution in [0.5, 0.6) is 5.75 Å². The van der Waals surface area contributed by atoms with Gasteiger partial charge in [-0.2, -0.15) is 10.2 Å². The number of anilines is 1. The van der Waals surface area contributed by atoms with Crippen molar-refractivity contribution in [3.63, 3.8) is 0 Å². The number of aromatic nitrogens is 2. The van der Waals surface area contributed by atoms with Crippen LogP contribution >= 0.6 is 0 Å². The third-order valence-electron chi connectivity index (χ3n) is 2.97. The second kappa shape index (κ2) is 7.91. The van der Waals surface area contributed by atoms with Crippen molar-refractivity contribution in [2.24, 2.45) is 12.1 Å². The molecular weight excluding hydrogens is 310 g/mol. The van der Waals surface area contributed by atoms with E-state index < -0.39 is 0 Å². The first-order chi connectivity index (χ1) is 11.4. The Kier molecular flexibility index (Phi) is 5.67. The van der Waals surface area contributed by atoms with Crippen LogP contribution in [0.2, 0.25) is 0 Å². The first kappa shape index (κ1) is 17.2. The van der Waals surface area contributed by atoms with Crippen molar-refractivity contribution in [1.82, 2.24) is 15.2 Å². The predicted molar refractivity (Wildman–Crippen MR) is 89.9 cm³/mol.